The Balaban J connectivity index is 2.01. The molecule has 0 saturated heterocycles. The van der Waals surface area contributed by atoms with Crippen LogP contribution in [0.5, 0.6) is 0 Å². The van der Waals surface area contributed by atoms with E-state index in [1.807, 2.05) is 58.0 Å². The zero-order chi connectivity index (χ0) is 20.9. The number of carboxylic acids is 1. The Kier molecular flexibility index (Phi) is 5.18. The molecule has 1 aliphatic rings. The molecule has 3 aromatic rings. The van der Waals surface area contributed by atoms with Crippen LogP contribution in [0.1, 0.15) is 61.8 Å². The number of carboxylic acid groups (broad SMARTS) is 1. The lowest BCUT2D eigenvalue weighted by atomic mass is 9.91. The monoisotopic (exact) mass is 429 g/mol. The minimum atomic E-state index is -1.07. The van der Waals surface area contributed by atoms with E-state index in [-0.39, 0.29) is 0 Å². The molecule has 4 rings (SSSR count). The molecule has 0 radical (unpaired) electrons. The molecule has 1 aliphatic carbocycles. The van der Waals surface area contributed by atoms with Crippen LogP contribution < -0.4 is 0 Å². The van der Waals surface area contributed by atoms with Gasteiger partial charge in [-0.05, 0) is 69.9 Å². The fourth-order valence-corrected chi connectivity index (χ4v) is 4.98. The van der Waals surface area contributed by atoms with Crippen molar-refractivity contribution in [2.75, 3.05) is 0 Å². The van der Waals surface area contributed by atoms with Crippen molar-refractivity contribution in [3.05, 3.63) is 51.5 Å². The molecule has 6 heteroatoms. The van der Waals surface area contributed by atoms with Gasteiger partial charge in [-0.2, -0.15) is 0 Å². The fourth-order valence-electron chi connectivity index (χ4n) is 3.56. The number of benzene rings is 2. The second kappa shape index (κ2) is 7.38. The molecular weight excluding hydrogens is 406 g/mol. The minimum Gasteiger partial charge on any atom is -0.479 e. The van der Waals surface area contributed by atoms with Gasteiger partial charge < -0.3 is 9.84 Å². The van der Waals surface area contributed by atoms with Gasteiger partial charge in [-0.1, -0.05) is 23.7 Å². The molecule has 1 heterocycles. The van der Waals surface area contributed by atoms with Crippen LogP contribution in [0, 0.1) is 6.92 Å². The number of nitrogens with zero attached hydrogens (tertiary/aromatic N) is 1. The number of hydrogen-bond acceptors (Lipinski definition) is 4. The van der Waals surface area contributed by atoms with E-state index < -0.39 is 17.7 Å². The number of carbonyl (C=O) groups is 1. The van der Waals surface area contributed by atoms with Crippen LogP contribution in [-0.2, 0) is 9.53 Å². The normalized spacial score (nSPS) is 15.6. The van der Waals surface area contributed by atoms with Crippen LogP contribution in [-0.4, -0.2) is 21.7 Å². The summed E-state index contributed by atoms with van der Waals surface area (Å²) in [5.74, 6) is -0.458. The average molecular weight is 430 g/mol. The lowest BCUT2D eigenvalue weighted by Crippen LogP contribution is -2.28. The molecule has 1 unspecified atom stereocenters. The van der Waals surface area contributed by atoms with E-state index >= 15 is 0 Å². The van der Waals surface area contributed by atoms with Gasteiger partial charge >= 0.3 is 5.97 Å². The van der Waals surface area contributed by atoms with Crippen LogP contribution in [0.15, 0.2) is 30.3 Å². The molecule has 4 nitrogen and oxygen atoms in total. The first-order valence-electron chi connectivity index (χ1n) is 9.74. The second-order valence-electron chi connectivity index (χ2n) is 8.61. The van der Waals surface area contributed by atoms with Gasteiger partial charge in [0.2, 0.25) is 0 Å². The Morgan fingerprint density at radius 2 is 1.93 bits per heavy atom. The Bertz CT molecular complexity index is 1080. The third-order valence-electron chi connectivity index (χ3n) is 4.96. The summed E-state index contributed by atoms with van der Waals surface area (Å²) in [6.45, 7) is 7.55. The number of hydrogen-bond donors (Lipinski definition) is 1. The second-order valence-corrected chi connectivity index (χ2v) is 10.1. The number of rotatable bonds is 5. The molecule has 152 valence electrons. The number of ether oxygens (including phenoxy) is 1. The van der Waals surface area contributed by atoms with Crippen molar-refractivity contribution in [3.8, 4) is 11.1 Å². The van der Waals surface area contributed by atoms with Crippen LogP contribution in [0.3, 0.4) is 0 Å². The molecule has 0 aliphatic heterocycles. The first-order chi connectivity index (χ1) is 13.6. The summed E-state index contributed by atoms with van der Waals surface area (Å²) < 4.78 is 7.04. The summed E-state index contributed by atoms with van der Waals surface area (Å²) in [4.78, 5) is 17.1. The minimum absolute atomic E-state index is 0.537. The number of thiazole rings is 1. The maximum Gasteiger partial charge on any atom is 0.337 e. The zero-order valence-corrected chi connectivity index (χ0v) is 18.5. The molecular formula is C23H24ClNO3S. The van der Waals surface area contributed by atoms with Crippen LogP contribution in [0.4, 0.5) is 0 Å². The van der Waals surface area contributed by atoms with Crippen molar-refractivity contribution in [1.82, 2.24) is 4.98 Å². The van der Waals surface area contributed by atoms with E-state index in [0.717, 1.165) is 31.9 Å². The van der Waals surface area contributed by atoms with E-state index in [4.69, 9.17) is 21.3 Å². The van der Waals surface area contributed by atoms with Gasteiger partial charge in [-0.25, -0.2) is 9.78 Å². The van der Waals surface area contributed by atoms with Gasteiger partial charge in [-0.3, -0.25) is 0 Å². The van der Waals surface area contributed by atoms with Crippen molar-refractivity contribution in [2.24, 2.45) is 0 Å². The van der Waals surface area contributed by atoms with E-state index in [9.17, 15) is 9.90 Å². The highest BCUT2D eigenvalue weighted by atomic mass is 35.5. The van der Waals surface area contributed by atoms with E-state index in [1.165, 1.54) is 12.8 Å². The molecule has 1 aromatic heterocycles. The Morgan fingerprint density at radius 3 is 2.48 bits per heavy atom. The number of halogens is 1. The lowest BCUT2D eigenvalue weighted by Gasteiger charge is -2.28. The van der Waals surface area contributed by atoms with Crippen molar-refractivity contribution in [2.45, 2.75) is 58.2 Å². The van der Waals surface area contributed by atoms with Crippen molar-refractivity contribution in [3.63, 3.8) is 0 Å². The van der Waals surface area contributed by atoms with Gasteiger partial charge in [0, 0.05) is 22.1 Å². The van der Waals surface area contributed by atoms with Crippen molar-refractivity contribution < 1.29 is 14.6 Å². The lowest BCUT2D eigenvalue weighted by molar-refractivity contribution is -0.160. The van der Waals surface area contributed by atoms with E-state index in [0.29, 0.717) is 16.5 Å². The van der Waals surface area contributed by atoms with Crippen LogP contribution in [0.2, 0.25) is 5.02 Å². The highest BCUT2D eigenvalue weighted by molar-refractivity contribution is 7.19. The molecule has 1 atom stereocenters. The zero-order valence-electron chi connectivity index (χ0n) is 17.0. The maximum atomic E-state index is 12.3. The SMILES string of the molecule is Cc1cc2nc(C3CC3)sc2c(-c2ccc(Cl)cc2)c1C(OC(C)(C)C)C(=O)O. The van der Waals surface area contributed by atoms with Crippen LogP contribution >= 0.6 is 22.9 Å². The highest BCUT2D eigenvalue weighted by Gasteiger charge is 2.33. The van der Waals surface area contributed by atoms with Gasteiger partial charge in [-0.15, -0.1) is 11.3 Å². The quantitative estimate of drug-likeness (QED) is 0.487. The van der Waals surface area contributed by atoms with Gasteiger partial charge in [0.15, 0.2) is 6.10 Å². The topological polar surface area (TPSA) is 59.4 Å². The summed E-state index contributed by atoms with van der Waals surface area (Å²) in [7, 11) is 0. The van der Waals surface area contributed by atoms with E-state index in [2.05, 4.69) is 0 Å². The maximum absolute atomic E-state index is 12.3. The smallest absolute Gasteiger partial charge is 0.337 e. The van der Waals surface area contributed by atoms with Crippen molar-refractivity contribution in [1.29, 1.82) is 0 Å². The average Bonchev–Trinajstić information content (AvgIpc) is 3.39. The summed E-state index contributed by atoms with van der Waals surface area (Å²) >= 11 is 7.78. The molecule has 1 fully saturated rings. The summed E-state index contributed by atoms with van der Waals surface area (Å²) in [5.41, 5.74) is 3.68. The third-order valence-corrected chi connectivity index (χ3v) is 6.46. The number of aryl methyl sites for hydroxylation is 1. The number of aromatic nitrogens is 1. The first-order valence-corrected chi connectivity index (χ1v) is 10.9. The fraction of sp³-hybridized carbons (Fsp3) is 0.391. The Labute approximate surface area is 179 Å². The first kappa shape index (κ1) is 20.3. The largest absolute Gasteiger partial charge is 0.479 e. The number of aliphatic carboxylic acids is 1. The third kappa shape index (κ3) is 4.18. The molecule has 29 heavy (non-hydrogen) atoms. The molecule has 0 amide bonds. The van der Waals surface area contributed by atoms with Gasteiger partial charge in [0.1, 0.15) is 0 Å². The standard InChI is InChI=1S/C23H24ClNO3S/c1-12-11-16-20(29-21(25-16)14-5-6-14)18(13-7-9-15(24)10-8-13)17(12)19(22(26)27)28-23(2,3)4/h7-11,14,19H,5-6H2,1-4H3,(H,26,27). The predicted molar refractivity (Wildman–Crippen MR) is 118 cm³/mol. The summed E-state index contributed by atoms with van der Waals surface area (Å²) in [6, 6.07) is 9.53. The Hall–Kier alpha value is -1.95. The summed E-state index contributed by atoms with van der Waals surface area (Å²) in [6.07, 6.45) is 1.27. The molecule has 2 aromatic carbocycles. The highest BCUT2D eigenvalue weighted by Crippen LogP contribution is 2.47. The van der Waals surface area contributed by atoms with Crippen molar-refractivity contribution >= 4 is 39.1 Å². The van der Waals surface area contributed by atoms with Gasteiger partial charge in [0.25, 0.3) is 0 Å². The summed E-state index contributed by atoms with van der Waals surface area (Å²) in [5, 5.41) is 11.8. The predicted octanol–water partition coefficient (Wildman–Crippen LogP) is 6.74. The Morgan fingerprint density at radius 1 is 1.28 bits per heavy atom. The molecule has 1 saturated carbocycles. The van der Waals surface area contributed by atoms with Gasteiger partial charge in [0.05, 0.1) is 20.8 Å². The van der Waals surface area contributed by atoms with E-state index in [1.54, 1.807) is 11.3 Å². The molecule has 0 bridgehead atoms. The van der Waals surface area contributed by atoms with Crippen LogP contribution in [0.25, 0.3) is 21.3 Å². The number of fused-ring (bicyclic) bond motifs is 1. The molecule has 0 spiro atoms. The molecule has 1 N–H and O–H groups in total.